The Bertz CT molecular complexity index is 376. The van der Waals surface area contributed by atoms with Gasteiger partial charge in [-0.25, -0.2) is 0 Å². The molecule has 0 spiro atoms. The topological polar surface area (TPSA) is 35.2 Å². The third kappa shape index (κ3) is 2.11. The molecule has 2 rings (SSSR count). The molecular weight excluding hydrogens is 210 g/mol. The molecule has 15 heavy (non-hydrogen) atoms. The van der Waals surface area contributed by atoms with Crippen LogP contribution in [-0.2, 0) is 6.42 Å². The van der Waals surface area contributed by atoms with Crippen LogP contribution in [0.4, 0.5) is 0 Å². The average Bonchev–Trinajstić information content (AvgIpc) is 2.16. The minimum absolute atomic E-state index is 0.149. The van der Waals surface area contributed by atoms with Crippen LogP contribution in [0.25, 0.3) is 0 Å². The molecule has 1 heterocycles. The number of rotatable bonds is 1. The Labute approximate surface area is 95.4 Å². The van der Waals surface area contributed by atoms with Gasteiger partial charge in [0.2, 0.25) is 0 Å². The van der Waals surface area contributed by atoms with Gasteiger partial charge in [0, 0.05) is 22.5 Å². The van der Waals surface area contributed by atoms with Gasteiger partial charge in [0.1, 0.15) is 5.75 Å². The molecule has 0 saturated carbocycles. The molecule has 3 heteroatoms. The summed E-state index contributed by atoms with van der Waals surface area (Å²) in [6.07, 6.45) is 0.923. The van der Waals surface area contributed by atoms with Crippen molar-refractivity contribution >= 4 is 11.6 Å². The Morgan fingerprint density at radius 2 is 2.27 bits per heavy atom. The zero-order chi connectivity index (χ0) is 11.0. The molecule has 1 unspecified atom stereocenters. The van der Waals surface area contributed by atoms with E-state index in [1.54, 1.807) is 0 Å². The van der Waals surface area contributed by atoms with Gasteiger partial charge in [-0.2, -0.15) is 0 Å². The average molecular weight is 226 g/mol. The number of hydrogen-bond acceptors (Lipinski definition) is 2. The SMILES string of the molecule is Cc1cc(Cl)c2c(c1)OCC([C@H](C)N)C2. The van der Waals surface area contributed by atoms with E-state index >= 15 is 0 Å². The lowest BCUT2D eigenvalue weighted by Gasteiger charge is -2.28. The van der Waals surface area contributed by atoms with E-state index in [-0.39, 0.29) is 6.04 Å². The number of hydrogen-bond donors (Lipinski definition) is 1. The van der Waals surface area contributed by atoms with E-state index in [9.17, 15) is 0 Å². The fourth-order valence-electron chi connectivity index (χ4n) is 1.92. The quantitative estimate of drug-likeness (QED) is 0.797. The van der Waals surface area contributed by atoms with Crippen LogP contribution in [0.1, 0.15) is 18.1 Å². The molecule has 0 aliphatic carbocycles. The van der Waals surface area contributed by atoms with Gasteiger partial charge in [-0.05, 0) is 38.0 Å². The van der Waals surface area contributed by atoms with Crippen molar-refractivity contribution in [2.75, 3.05) is 6.61 Å². The van der Waals surface area contributed by atoms with Gasteiger partial charge >= 0.3 is 0 Å². The maximum atomic E-state index is 6.20. The maximum Gasteiger partial charge on any atom is 0.124 e. The Balaban J connectivity index is 2.33. The second-order valence-corrected chi connectivity index (χ2v) is 4.76. The number of halogens is 1. The summed E-state index contributed by atoms with van der Waals surface area (Å²) < 4.78 is 5.69. The van der Waals surface area contributed by atoms with Crippen molar-refractivity contribution in [1.82, 2.24) is 0 Å². The largest absolute Gasteiger partial charge is 0.493 e. The Morgan fingerprint density at radius 1 is 1.53 bits per heavy atom. The summed E-state index contributed by atoms with van der Waals surface area (Å²) in [6, 6.07) is 4.17. The lowest BCUT2D eigenvalue weighted by molar-refractivity contribution is 0.204. The first-order chi connectivity index (χ1) is 7.08. The molecular formula is C12H16ClNO. The van der Waals surface area contributed by atoms with Gasteiger partial charge in [0.15, 0.2) is 0 Å². The van der Waals surface area contributed by atoms with Gasteiger partial charge < -0.3 is 10.5 Å². The van der Waals surface area contributed by atoms with Crippen molar-refractivity contribution in [3.05, 3.63) is 28.3 Å². The second kappa shape index (κ2) is 4.03. The zero-order valence-electron chi connectivity index (χ0n) is 9.09. The second-order valence-electron chi connectivity index (χ2n) is 4.36. The number of aryl methyl sites for hydroxylation is 1. The van der Waals surface area contributed by atoms with Crippen LogP contribution in [0.15, 0.2) is 12.1 Å². The predicted molar refractivity (Wildman–Crippen MR) is 62.5 cm³/mol. The lowest BCUT2D eigenvalue weighted by Crippen LogP contribution is -2.35. The molecule has 0 radical (unpaired) electrons. The van der Waals surface area contributed by atoms with Crippen molar-refractivity contribution in [1.29, 1.82) is 0 Å². The number of ether oxygens (including phenoxy) is 1. The van der Waals surface area contributed by atoms with E-state index in [4.69, 9.17) is 22.1 Å². The van der Waals surface area contributed by atoms with Crippen LogP contribution >= 0.6 is 11.6 Å². The molecule has 0 aromatic heterocycles. The predicted octanol–water partition coefficient (Wildman–Crippen LogP) is 2.55. The molecule has 0 amide bonds. The standard InChI is InChI=1S/C12H16ClNO/c1-7-3-11(13)10-5-9(8(2)14)6-15-12(10)4-7/h3-4,8-9H,5-6,14H2,1-2H3/t8-,9?/m0/s1. The van der Waals surface area contributed by atoms with Gasteiger partial charge in [-0.1, -0.05) is 11.6 Å². The molecule has 1 aromatic rings. The van der Waals surface area contributed by atoms with Crippen LogP contribution in [0, 0.1) is 12.8 Å². The van der Waals surface area contributed by atoms with Crippen LogP contribution in [0.5, 0.6) is 5.75 Å². The number of benzene rings is 1. The monoisotopic (exact) mass is 225 g/mol. The summed E-state index contributed by atoms with van der Waals surface area (Å²) in [4.78, 5) is 0. The summed E-state index contributed by atoms with van der Waals surface area (Å²) in [5.74, 6) is 1.30. The summed E-state index contributed by atoms with van der Waals surface area (Å²) in [5.41, 5.74) is 8.13. The van der Waals surface area contributed by atoms with Gasteiger partial charge in [-0.3, -0.25) is 0 Å². The summed E-state index contributed by atoms with van der Waals surface area (Å²) >= 11 is 6.20. The van der Waals surface area contributed by atoms with Crippen molar-refractivity contribution < 1.29 is 4.74 Å². The van der Waals surface area contributed by atoms with Gasteiger partial charge in [0.05, 0.1) is 6.61 Å². The van der Waals surface area contributed by atoms with Gasteiger partial charge in [0.25, 0.3) is 0 Å². The first-order valence-corrected chi connectivity index (χ1v) is 5.63. The molecule has 2 atom stereocenters. The van der Waals surface area contributed by atoms with E-state index in [1.165, 1.54) is 0 Å². The third-order valence-corrected chi connectivity index (χ3v) is 3.30. The number of fused-ring (bicyclic) bond motifs is 1. The van der Waals surface area contributed by atoms with E-state index in [2.05, 4.69) is 0 Å². The molecule has 1 aliphatic heterocycles. The first kappa shape index (κ1) is 10.8. The molecule has 2 N–H and O–H groups in total. The molecule has 0 bridgehead atoms. The molecule has 0 saturated heterocycles. The Morgan fingerprint density at radius 3 is 2.93 bits per heavy atom. The molecule has 0 fully saturated rings. The van der Waals surface area contributed by atoms with Crippen LogP contribution < -0.4 is 10.5 Å². The van der Waals surface area contributed by atoms with Crippen molar-refractivity contribution in [3.63, 3.8) is 0 Å². The van der Waals surface area contributed by atoms with Crippen molar-refractivity contribution in [3.8, 4) is 5.75 Å². The minimum atomic E-state index is 0.149. The van der Waals surface area contributed by atoms with Crippen LogP contribution in [0.3, 0.4) is 0 Å². The fourth-order valence-corrected chi connectivity index (χ4v) is 2.27. The van der Waals surface area contributed by atoms with Crippen LogP contribution in [-0.4, -0.2) is 12.6 Å². The summed E-state index contributed by atoms with van der Waals surface area (Å²) in [7, 11) is 0. The van der Waals surface area contributed by atoms with Gasteiger partial charge in [-0.15, -0.1) is 0 Å². The summed E-state index contributed by atoms with van der Waals surface area (Å²) in [6.45, 7) is 4.73. The smallest absolute Gasteiger partial charge is 0.124 e. The highest BCUT2D eigenvalue weighted by molar-refractivity contribution is 6.31. The van der Waals surface area contributed by atoms with Crippen LogP contribution in [0.2, 0.25) is 5.02 Å². The number of nitrogens with two attached hydrogens (primary N) is 1. The highest BCUT2D eigenvalue weighted by atomic mass is 35.5. The maximum absolute atomic E-state index is 6.20. The highest BCUT2D eigenvalue weighted by Crippen LogP contribution is 2.34. The third-order valence-electron chi connectivity index (χ3n) is 2.96. The highest BCUT2D eigenvalue weighted by Gasteiger charge is 2.24. The fraction of sp³-hybridized carbons (Fsp3) is 0.500. The first-order valence-electron chi connectivity index (χ1n) is 5.25. The Kier molecular flexibility index (Phi) is 2.89. The molecule has 1 aromatic carbocycles. The van der Waals surface area contributed by atoms with Crippen molar-refractivity contribution in [2.45, 2.75) is 26.3 Å². The molecule has 1 aliphatic rings. The lowest BCUT2D eigenvalue weighted by atomic mass is 9.91. The van der Waals surface area contributed by atoms with E-state index in [0.717, 1.165) is 28.3 Å². The zero-order valence-corrected chi connectivity index (χ0v) is 9.84. The van der Waals surface area contributed by atoms with Crippen molar-refractivity contribution in [2.24, 2.45) is 11.7 Å². The van der Waals surface area contributed by atoms with E-state index in [1.807, 2.05) is 26.0 Å². The minimum Gasteiger partial charge on any atom is -0.493 e. The molecule has 2 nitrogen and oxygen atoms in total. The Hall–Kier alpha value is -0.730. The van der Waals surface area contributed by atoms with E-state index in [0.29, 0.717) is 12.5 Å². The van der Waals surface area contributed by atoms with E-state index < -0.39 is 0 Å². The molecule has 82 valence electrons. The normalized spacial score (nSPS) is 21.7. The summed E-state index contributed by atoms with van der Waals surface area (Å²) in [5, 5.41) is 0.801.